The highest BCUT2D eigenvalue weighted by atomic mass is 35.5. The Labute approximate surface area is 166 Å². The number of nitrogens with zero attached hydrogens (tertiary/aromatic N) is 1. The number of likely N-dealkylation sites (N-methyl/N-ethyl adjacent to an activating group) is 1. The second kappa shape index (κ2) is 7.75. The standard InChI is InChI=1S/C19H16ClNO6S/c1-12-9-18(22)27-17-10-14(5-8-16(12)17)26-19(23)11-21(2)28(24,25)15-6-3-13(20)4-7-15/h3-10H,11H2,1-2H3. The summed E-state index contributed by atoms with van der Waals surface area (Å²) in [7, 11) is -2.60. The predicted molar refractivity (Wildman–Crippen MR) is 104 cm³/mol. The fourth-order valence-electron chi connectivity index (χ4n) is 2.59. The van der Waals surface area contributed by atoms with Crippen molar-refractivity contribution in [1.29, 1.82) is 0 Å². The summed E-state index contributed by atoms with van der Waals surface area (Å²) in [6.07, 6.45) is 0. The number of sulfonamides is 1. The number of ether oxygens (including phenoxy) is 1. The van der Waals surface area contributed by atoms with E-state index in [-0.39, 0.29) is 16.2 Å². The molecule has 0 fully saturated rings. The summed E-state index contributed by atoms with van der Waals surface area (Å²) in [5, 5.41) is 1.11. The van der Waals surface area contributed by atoms with Gasteiger partial charge in [0.25, 0.3) is 0 Å². The number of hydrogen-bond donors (Lipinski definition) is 0. The van der Waals surface area contributed by atoms with E-state index in [4.69, 9.17) is 20.8 Å². The molecular weight excluding hydrogens is 406 g/mol. The molecule has 1 aromatic heterocycles. The fourth-order valence-corrected chi connectivity index (χ4v) is 3.83. The highest BCUT2D eigenvalue weighted by molar-refractivity contribution is 7.89. The van der Waals surface area contributed by atoms with Gasteiger partial charge in [0.15, 0.2) is 0 Å². The van der Waals surface area contributed by atoms with Crippen LogP contribution in [0.4, 0.5) is 0 Å². The summed E-state index contributed by atoms with van der Waals surface area (Å²) in [4.78, 5) is 23.7. The first-order valence-electron chi connectivity index (χ1n) is 8.14. The van der Waals surface area contributed by atoms with E-state index in [1.54, 1.807) is 19.1 Å². The number of aryl methyl sites for hydroxylation is 1. The Hall–Kier alpha value is -2.68. The third-order valence-corrected chi connectivity index (χ3v) is 6.10. The van der Waals surface area contributed by atoms with Crippen LogP contribution in [0.15, 0.2) is 62.6 Å². The maximum Gasteiger partial charge on any atom is 0.336 e. The number of carbonyl (C=O) groups excluding carboxylic acids is 1. The van der Waals surface area contributed by atoms with Crippen molar-refractivity contribution in [3.05, 3.63) is 69.5 Å². The van der Waals surface area contributed by atoms with Crippen molar-refractivity contribution in [1.82, 2.24) is 4.31 Å². The highest BCUT2D eigenvalue weighted by Crippen LogP contribution is 2.23. The van der Waals surface area contributed by atoms with E-state index in [0.717, 1.165) is 9.87 Å². The Morgan fingerprint density at radius 1 is 1.14 bits per heavy atom. The molecule has 2 aromatic carbocycles. The maximum absolute atomic E-state index is 12.5. The Balaban J connectivity index is 1.75. The molecule has 7 nitrogen and oxygen atoms in total. The van der Waals surface area contributed by atoms with E-state index in [1.807, 2.05) is 0 Å². The summed E-state index contributed by atoms with van der Waals surface area (Å²) in [6, 6.07) is 11.6. The lowest BCUT2D eigenvalue weighted by atomic mass is 10.1. The van der Waals surface area contributed by atoms with Crippen LogP contribution in [-0.2, 0) is 14.8 Å². The van der Waals surface area contributed by atoms with Gasteiger partial charge in [0, 0.05) is 29.6 Å². The fraction of sp³-hybridized carbons (Fsp3) is 0.158. The molecular formula is C19H16ClNO6S. The van der Waals surface area contributed by atoms with Crippen LogP contribution < -0.4 is 10.4 Å². The zero-order valence-electron chi connectivity index (χ0n) is 15.0. The van der Waals surface area contributed by atoms with Crippen molar-refractivity contribution in [3.63, 3.8) is 0 Å². The Morgan fingerprint density at radius 2 is 1.82 bits per heavy atom. The van der Waals surface area contributed by atoms with Gasteiger partial charge >= 0.3 is 11.6 Å². The smallest absolute Gasteiger partial charge is 0.336 e. The summed E-state index contributed by atoms with van der Waals surface area (Å²) in [6.45, 7) is 1.27. The largest absolute Gasteiger partial charge is 0.425 e. The molecule has 1 heterocycles. The number of rotatable bonds is 5. The molecule has 28 heavy (non-hydrogen) atoms. The van der Waals surface area contributed by atoms with E-state index in [1.165, 1.54) is 43.4 Å². The maximum atomic E-state index is 12.5. The molecule has 3 aromatic rings. The lowest BCUT2D eigenvalue weighted by Crippen LogP contribution is -2.34. The number of esters is 1. The van der Waals surface area contributed by atoms with Crippen LogP contribution in [0.2, 0.25) is 5.02 Å². The number of hydrogen-bond acceptors (Lipinski definition) is 6. The summed E-state index contributed by atoms with van der Waals surface area (Å²) in [5.41, 5.74) is 0.498. The van der Waals surface area contributed by atoms with Gasteiger partial charge in [-0.3, -0.25) is 4.79 Å². The van der Waals surface area contributed by atoms with Crippen LogP contribution >= 0.6 is 11.6 Å². The Bertz CT molecular complexity index is 1200. The van der Waals surface area contributed by atoms with Crippen molar-refractivity contribution < 1.29 is 22.4 Å². The van der Waals surface area contributed by atoms with Crippen LogP contribution in [0, 0.1) is 6.92 Å². The van der Waals surface area contributed by atoms with E-state index in [0.29, 0.717) is 10.4 Å². The van der Waals surface area contributed by atoms with Crippen LogP contribution in [0.1, 0.15) is 5.56 Å². The minimum absolute atomic E-state index is 0.00940. The van der Waals surface area contributed by atoms with Gasteiger partial charge in [-0.05, 0) is 48.9 Å². The number of fused-ring (bicyclic) bond motifs is 1. The van der Waals surface area contributed by atoms with E-state index < -0.39 is 28.2 Å². The second-order valence-corrected chi connectivity index (χ2v) is 8.58. The zero-order valence-corrected chi connectivity index (χ0v) is 16.6. The molecule has 0 N–H and O–H groups in total. The van der Waals surface area contributed by atoms with Gasteiger partial charge in [-0.2, -0.15) is 4.31 Å². The summed E-state index contributed by atoms with van der Waals surface area (Å²) in [5.74, 6) is -0.641. The van der Waals surface area contributed by atoms with Gasteiger partial charge in [-0.15, -0.1) is 0 Å². The molecule has 0 aliphatic heterocycles. The van der Waals surface area contributed by atoms with Crippen molar-refractivity contribution >= 4 is 38.6 Å². The van der Waals surface area contributed by atoms with Crippen molar-refractivity contribution in [2.45, 2.75) is 11.8 Å². The number of carbonyl (C=O) groups is 1. The monoisotopic (exact) mass is 421 g/mol. The lowest BCUT2D eigenvalue weighted by Gasteiger charge is -2.16. The molecule has 0 saturated carbocycles. The zero-order chi connectivity index (χ0) is 20.5. The van der Waals surface area contributed by atoms with Gasteiger partial charge in [0.2, 0.25) is 10.0 Å². The van der Waals surface area contributed by atoms with E-state index in [2.05, 4.69) is 0 Å². The van der Waals surface area contributed by atoms with Crippen LogP contribution in [-0.4, -0.2) is 32.3 Å². The molecule has 0 saturated heterocycles. The van der Waals surface area contributed by atoms with Crippen molar-refractivity contribution in [2.75, 3.05) is 13.6 Å². The SMILES string of the molecule is Cc1cc(=O)oc2cc(OC(=O)CN(C)S(=O)(=O)c3ccc(Cl)cc3)ccc12. The lowest BCUT2D eigenvalue weighted by molar-refractivity contribution is -0.134. The quantitative estimate of drug-likeness (QED) is 0.357. The van der Waals surface area contributed by atoms with Crippen molar-refractivity contribution in [2.24, 2.45) is 0 Å². The minimum Gasteiger partial charge on any atom is -0.425 e. The first kappa shape index (κ1) is 20.1. The van der Waals surface area contributed by atoms with Crippen LogP contribution in [0.5, 0.6) is 5.75 Å². The average molecular weight is 422 g/mol. The van der Waals surface area contributed by atoms with Gasteiger partial charge in [-0.1, -0.05) is 11.6 Å². The summed E-state index contributed by atoms with van der Waals surface area (Å²) >= 11 is 5.77. The van der Waals surface area contributed by atoms with Gasteiger partial charge < -0.3 is 9.15 Å². The van der Waals surface area contributed by atoms with Gasteiger partial charge in [0.1, 0.15) is 17.9 Å². The Kier molecular flexibility index (Phi) is 5.55. The number of benzene rings is 2. The predicted octanol–water partition coefficient (Wildman–Crippen LogP) is 2.98. The molecule has 0 bridgehead atoms. The van der Waals surface area contributed by atoms with E-state index >= 15 is 0 Å². The number of halogens is 1. The molecule has 0 aliphatic rings. The average Bonchev–Trinajstić information content (AvgIpc) is 2.61. The first-order chi connectivity index (χ1) is 13.2. The highest BCUT2D eigenvalue weighted by Gasteiger charge is 2.24. The van der Waals surface area contributed by atoms with Gasteiger partial charge in [-0.25, -0.2) is 13.2 Å². The third-order valence-electron chi connectivity index (χ3n) is 4.03. The van der Waals surface area contributed by atoms with Crippen LogP contribution in [0.25, 0.3) is 11.0 Å². The molecule has 0 amide bonds. The molecule has 146 valence electrons. The molecule has 0 radical (unpaired) electrons. The molecule has 0 aliphatic carbocycles. The molecule has 0 spiro atoms. The van der Waals surface area contributed by atoms with E-state index in [9.17, 15) is 18.0 Å². The Morgan fingerprint density at radius 3 is 2.50 bits per heavy atom. The molecule has 3 rings (SSSR count). The van der Waals surface area contributed by atoms with Crippen LogP contribution in [0.3, 0.4) is 0 Å². The molecule has 9 heteroatoms. The molecule has 0 atom stereocenters. The van der Waals surface area contributed by atoms with Gasteiger partial charge in [0.05, 0.1) is 4.90 Å². The topological polar surface area (TPSA) is 93.9 Å². The first-order valence-corrected chi connectivity index (χ1v) is 9.96. The second-order valence-electron chi connectivity index (χ2n) is 6.10. The summed E-state index contributed by atoms with van der Waals surface area (Å²) < 4.78 is 36.2. The molecule has 0 unspecified atom stereocenters. The van der Waals surface area contributed by atoms with Crippen molar-refractivity contribution in [3.8, 4) is 5.75 Å². The third kappa shape index (κ3) is 4.24. The normalized spacial score (nSPS) is 11.7. The minimum atomic E-state index is -3.87.